The molecule has 0 bridgehead atoms. The highest BCUT2D eigenvalue weighted by molar-refractivity contribution is 6.32. The van der Waals surface area contributed by atoms with E-state index in [1.54, 1.807) is 0 Å². The number of para-hydroxylation sites is 1. The maximum atomic E-state index is 6.06. The van der Waals surface area contributed by atoms with Gasteiger partial charge in [-0.2, -0.15) is 0 Å². The molecule has 90 valence electrons. The van der Waals surface area contributed by atoms with Gasteiger partial charge < -0.3 is 4.74 Å². The number of rotatable bonds is 7. The van der Waals surface area contributed by atoms with Crippen LogP contribution in [0.15, 0.2) is 18.2 Å². The molecular weight excluding hydrogens is 243 g/mol. The number of ether oxygens (including phenoxy) is 1. The van der Waals surface area contributed by atoms with E-state index >= 15 is 0 Å². The highest BCUT2D eigenvalue weighted by Gasteiger charge is 2.06. The Hall–Kier alpha value is -0.400. The van der Waals surface area contributed by atoms with Gasteiger partial charge in [0.25, 0.3) is 0 Å². The van der Waals surface area contributed by atoms with E-state index < -0.39 is 0 Å². The van der Waals surface area contributed by atoms with Crippen LogP contribution in [-0.4, -0.2) is 6.61 Å². The summed E-state index contributed by atoms with van der Waals surface area (Å²) in [5.74, 6) is 1.18. The van der Waals surface area contributed by atoms with Crippen LogP contribution in [-0.2, 0) is 5.88 Å². The van der Waals surface area contributed by atoms with Crippen LogP contribution >= 0.6 is 23.2 Å². The van der Waals surface area contributed by atoms with Crippen molar-refractivity contribution in [3.05, 3.63) is 28.8 Å². The minimum atomic E-state index is 0.435. The lowest BCUT2D eigenvalue weighted by molar-refractivity contribution is 0.303. The number of hydrogen-bond acceptors (Lipinski definition) is 1. The lowest BCUT2D eigenvalue weighted by Crippen LogP contribution is -2.00. The van der Waals surface area contributed by atoms with E-state index in [0.29, 0.717) is 17.5 Å². The summed E-state index contributed by atoms with van der Waals surface area (Å²) in [6.45, 7) is 2.91. The molecule has 0 N–H and O–H groups in total. The van der Waals surface area contributed by atoms with Gasteiger partial charge in [0.15, 0.2) is 0 Å². The van der Waals surface area contributed by atoms with Gasteiger partial charge in [-0.1, -0.05) is 49.9 Å². The molecule has 0 atom stereocenters. The minimum Gasteiger partial charge on any atom is -0.492 e. The van der Waals surface area contributed by atoms with Crippen LogP contribution in [0.2, 0.25) is 5.02 Å². The molecule has 0 fully saturated rings. The fourth-order valence-electron chi connectivity index (χ4n) is 1.52. The van der Waals surface area contributed by atoms with Gasteiger partial charge in [-0.3, -0.25) is 0 Å². The van der Waals surface area contributed by atoms with Crippen molar-refractivity contribution in [2.24, 2.45) is 0 Å². The van der Waals surface area contributed by atoms with Gasteiger partial charge in [-0.05, 0) is 12.5 Å². The summed E-state index contributed by atoms with van der Waals surface area (Å²) in [6.07, 6.45) is 4.77. The predicted octanol–water partition coefficient (Wildman–Crippen LogP) is 5.04. The van der Waals surface area contributed by atoms with E-state index in [1.165, 1.54) is 19.3 Å². The molecule has 0 aliphatic rings. The first-order valence-corrected chi connectivity index (χ1v) is 6.67. The lowest BCUT2D eigenvalue weighted by atomic mass is 10.2. The summed E-state index contributed by atoms with van der Waals surface area (Å²) in [6, 6.07) is 5.67. The zero-order valence-electron chi connectivity index (χ0n) is 9.64. The summed E-state index contributed by atoms with van der Waals surface area (Å²) in [5.41, 5.74) is 0.963. The van der Waals surface area contributed by atoms with Crippen LogP contribution in [0, 0.1) is 0 Å². The summed E-state index contributed by atoms with van der Waals surface area (Å²) in [5, 5.41) is 0.647. The first kappa shape index (κ1) is 13.7. The molecule has 1 nitrogen and oxygen atoms in total. The molecule has 1 rings (SSSR count). The van der Waals surface area contributed by atoms with E-state index in [1.807, 2.05) is 18.2 Å². The number of benzene rings is 1. The Labute approximate surface area is 108 Å². The van der Waals surface area contributed by atoms with E-state index in [0.717, 1.165) is 17.7 Å². The van der Waals surface area contributed by atoms with E-state index in [9.17, 15) is 0 Å². The first-order chi connectivity index (χ1) is 7.79. The van der Waals surface area contributed by atoms with Gasteiger partial charge in [0, 0.05) is 5.56 Å². The first-order valence-electron chi connectivity index (χ1n) is 5.75. The second-order valence-corrected chi connectivity index (χ2v) is 4.45. The zero-order chi connectivity index (χ0) is 11.8. The topological polar surface area (TPSA) is 9.23 Å². The molecule has 1 aromatic rings. The number of alkyl halides is 1. The largest absolute Gasteiger partial charge is 0.492 e. The van der Waals surface area contributed by atoms with Crippen molar-refractivity contribution in [2.75, 3.05) is 6.61 Å². The van der Waals surface area contributed by atoms with E-state index in [-0.39, 0.29) is 0 Å². The van der Waals surface area contributed by atoms with Crippen LogP contribution < -0.4 is 4.74 Å². The average molecular weight is 261 g/mol. The Morgan fingerprint density at radius 1 is 1.19 bits per heavy atom. The highest BCUT2D eigenvalue weighted by atomic mass is 35.5. The van der Waals surface area contributed by atoms with Crippen LogP contribution in [0.25, 0.3) is 0 Å². The summed E-state index contributed by atoms with van der Waals surface area (Å²) in [7, 11) is 0. The summed E-state index contributed by atoms with van der Waals surface area (Å²) in [4.78, 5) is 0. The Morgan fingerprint density at radius 3 is 2.69 bits per heavy atom. The SMILES string of the molecule is CCCCCCOc1c(Cl)cccc1CCl. The molecule has 0 saturated carbocycles. The molecule has 0 aromatic heterocycles. The van der Waals surface area contributed by atoms with Crippen LogP contribution in [0.1, 0.15) is 38.2 Å². The maximum absolute atomic E-state index is 6.06. The standard InChI is InChI=1S/C13H18Cl2O/c1-2-3-4-5-9-16-13-11(10-14)7-6-8-12(13)15/h6-8H,2-5,9-10H2,1H3. The third kappa shape index (κ3) is 4.23. The van der Waals surface area contributed by atoms with Crippen LogP contribution in [0.5, 0.6) is 5.75 Å². The van der Waals surface area contributed by atoms with Crippen LogP contribution in [0.4, 0.5) is 0 Å². The molecule has 3 heteroatoms. The second kappa shape index (κ2) is 7.81. The second-order valence-electron chi connectivity index (χ2n) is 3.77. The molecule has 0 unspecified atom stereocenters. The van der Waals surface area contributed by atoms with Gasteiger partial charge in [-0.25, -0.2) is 0 Å². The Morgan fingerprint density at radius 2 is 2.00 bits per heavy atom. The normalized spacial score (nSPS) is 10.4. The molecule has 0 aliphatic carbocycles. The summed E-state index contributed by atoms with van der Waals surface area (Å²) < 4.78 is 5.69. The van der Waals surface area contributed by atoms with Crippen LogP contribution in [0.3, 0.4) is 0 Å². The fourth-order valence-corrected chi connectivity index (χ4v) is 1.98. The highest BCUT2D eigenvalue weighted by Crippen LogP contribution is 2.29. The predicted molar refractivity (Wildman–Crippen MR) is 70.6 cm³/mol. The van der Waals surface area contributed by atoms with E-state index in [2.05, 4.69) is 6.92 Å². The van der Waals surface area contributed by atoms with Crippen molar-refractivity contribution in [2.45, 2.75) is 38.5 Å². The number of unbranched alkanes of at least 4 members (excludes halogenated alkanes) is 3. The number of halogens is 2. The molecule has 0 saturated heterocycles. The van der Waals surface area contributed by atoms with Crippen molar-refractivity contribution in [3.8, 4) is 5.75 Å². The van der Waals surface area contributed by atoms with Gasteiger partial charge in [0.2, 0.25) is 0 Å². The fraction of sp³-hybridized carbons (Fsp3) is 0.538. The zero-order valence-corrected chi connectivity index (χ0v) is 11.2. The molecule has 0 heterocycles. The van der Waals surface area contributed by atoms with Crippen molar-refractivity contribution in [1.82, 2.24) is 0 Å². The minimum absolute atomic E-state index is 0.435. The van der Waals surface area contributed by atoms with Crippen molar-refractivity contribution in [3.63, 3.8) is 0 Å². The molecular formula is C13H18Cl2O. The molecule has 0 spiro atoms. The van der Waals surface area contributed by atoms with Gasteiger partial charge in [0.1, 0.15) is 5.75 Å². The molecule has 16 heavy (non-hydrogen) atoms. The molecule has 0 amide bonds. The Kier molecular flexibility index (Phi) is 6.67. The quantitative estimate of drug-likeness (QED) is 0.493. The molecule has 1 aromatic carbocycles. The third-order valence-corrected chi connectivity index (χ3v) is 3.02. The van der Waals surface area contributed by atoms with Gasteiger partial charge in [0.05, 0.1) is 17.5 Å². The average Bonchev–Trinajstić information content (AvgIpc) is 2.30. The number of hydrogen-bond donors (Lipinski definition) is 0. The third-order valence-electron chi connectivity index (χ3n) is 2.44. The van der Waals surface area contributed by atoms with Crippen molar-refractivity contribution < 1.29 is 4.74 Å². The Balaban J connectivity index is 2.46. The molecule has 0 aliphatic heterocycles. The molecule has 0 radical (unpaired) electrons. The monoisotopic (exact) mass is 260 g/mol. The van der Waals surface area contributed by atoms with E-state index in [4.69, 9.17) is 27.9 Å². The van der Waals surface area contributed by atoms with Crippen molar-refractivity contribution >= 4 is 23.2 Å². The lowest BCUT2D eigenvalue weighted by Gasteiger charge is -2.11. The maximum Gasteiger partial charge on any atom is 0.142 e. The smallest absolute Gasteiger partial charge is 0.142 e. The summed E-state index contributed by atoms with van der Waals surface area (Å²) >= 11 is 11.9. The Bertz CT molecular complexity index is 313. The van der Waals surface area contributed by atoms with Gasteiger partial charge >= 0.3 is 0 Å². The van der Waals surface area contributed by atoms with Crippen molar-refractivity contribution in [1.29, 1.82) is 0 Å². The van der Waals surface area contributed by atoms with Gasteiger partial charge in [-0.15, -0.1) is 11.6 Å².